The molecule has 0 aliphatic heterocycles. The Morgan fingerprint density at radius 3 is 2.59 bits per heavy atom. The van der Waals surface area contributed by atoms with E-state index in [0.29, 0.717) is 11.3 Å². The first-order valence-corrected chi connectivity index (χ1v) is 5.92. The number of ketones is 1. The lowest BCUT2D eigenvalue weighted by atomic mass is 9.96. The number of Topliss-reactive ketones (excluding diaryl/α,β-unsaturated/α-hetero) is 1. The highest BCUT2D eigenvalue weighted by molar-refractivity contribution is 6.03. The molecule has 1 aliphatic rings. The lowest BCUT2D eigenvalue weighted by Crippen LogP contribution is -2.24. The Morgan fingerprint density at radius 2 is 2.06 bits per heavy atom. The third-order valence-electron chi connectivity index (χ3n) is 3.25. The second-order valence-corrected chi connectivity index (χ2v) is 4.81. The van der Waals surface area contributed by atoms with Crippen LogP contribution >= 0.6 is 0 Å². The molecule has 0 radical (unpaired) electrons. The standard InChI is InChI=1S/C14H18O3/c1-8-6-9(2)12(11(7-8)17-3)14(16)13(15)10-4-5-10/h6-7,10,13,15H,4-5H2,1-3H3. The molecule has 2 rings (SSSR count). The largest absolute Gasteiger partial charge is 0.496 e. The molecule has 1 fully saturated rings. The molecule has 0 saturated heterocycles. The average molecular weight is 234 g/mol. The summed E-state index contributed by atoms with van der Waals surface area (Å²) < 4.78 is 5.25. The topological polar surface area (TPSA) is 46.5 Å². The fraction of sp³-hybridized carbons (Fsp3) is 0.500. The van der Waals surface area contributed by atoms with Gasteiger partial charge >= 0.3 is 0 Å². The molecule has 0 spiro atoms. The van der Waals surface area contributed by atoms with E-state index >= 15 is 0 Å². The maximum absolute atomic E-state index is 12.2. The lowest BCUT2D eigenvalue weighted by Gasteiger charge is -2.15. The molecule has 0 amide bonds. The molecule has 0 aromatic heterocycles. The van der Waals surface area contributed by atoms with Crippen LogP contribution in [0.5, 0.6) is 5.75 Å². The van der Waals surface area contributed by atoms with Crippen LogP contribution in [0.1, 0.15) is 34.3 Å². The zero-order chi connectivity index (χ0) is 12.6. The van der Waals surface area contributed by atoms with Gasteiger partial charge in [0.2, 0.25) is 0 Å². The van der Waals surface area contributed by atoms with E-state index in [2.05, 4.69) is 0 Å². The highest BCUT2D eigenvalue weighted by Crippen LogP contribution is 2.36. The van der Waals surface area contributed by atoms with Gasteiger partial charge in [-0.05, 0) is 49.8 Å². The number of benzene rings is 1. The summed E-state index contributed by atoms with van der Waals surface area (Å²) in [6.07, 6.45) is 1.02. The zero-order valence-corrected chi connectivity index (χ0v) is 10.5. The average Bonchev–Trinajstić information content (AvgIpc) is 3.09. The van der Waals surface area contributed by atoms with Gasteiger partial charge < -0.3 is 9.84 Å². The van der Waals surface area contributed by atoms with E-state index in [4.69, 9.17) is 4.74 Å². The van der Waals surface area contributed by atoms with Crippen molar-refractivity contribution in [2.24, 2.45) is 5.92 Å². The van der Waals surface area contributed by atoms with Gasteiger partial charge in [-0.2, -0.15) is 0 Å². The van der Waals surface area contributed by atoms with Gasteiger partial charge in [0.25, 0.3) is 0 Å². The van der Waals surface area contributed by atoms with E-state index in [1.807, 2.05) is 26.0 Å². The Hall–Kier alpha value is -1.35. The van der Waals surface area contributed by atoms with E-state index in [0.717, 1.165) is 24.0 Å². The molecule has 1 aliphatic carbocycles. The number of methoxy groups -OCH3 is 1. The fourth-order valence-corrected chi connectivity index (χ4v) is 2.18. The molecule has 1 saturated carbocycles. The van der Waals surface area contributed by atoms with Gasteiger partial charge in [-0.3, -0.25) is 4.79 Å². The number of hydrogen-bond donors (Lipinski definition) is 1. The van der Waals surface area contributed by atoms with Crippen molar-refractivity contribution in [2.75, 3.05) is 7.11 Å². The van der Waals surface area contributed by atoms with Gasteiger partial charge in [-0.25, -0.2) is 0 Å². The Balaban J connectivity index is 2.39. The molecular formula is C14H18O3. The minimum absolute atomic E-state index is 0.146. The predicted molar refractivity (Wildman–Crippen MR) is 65.5 cm³/mol. The molecule has 0 bridgehead atoms. The van der Waals surface area contributed by atoms with Crippen molar-refractivity contribution in [1.29, 1.82) is 0 Å². The number of rotatable bonds is 4. The molecule has 1 atom stereocenters. The Bertz CT molecular complexity index is 447. The van der Waals surface area contributed by atoms with E-state index < -0.39 is 6.10 Å². The molecule has 0 heterocycles. The summed E-state index contributed by atoms with van der Waals surface area (Å²) in [4.78, 5) is 12.2. The maximum atomic E-state index is 12.2. The van der Waals surface area contributed by atoms with Gasteiger partial charge in [-0.1, -0.05) is 6.07 Å². The second-order valence-electron chi connectivity index (χ2n) is 4.81. The summed E-state index contributed by atoms with van der Waals surface area (Å²) in [5.74, 6) is 0.502. The first-order chi connectivity index (χ1) is 8.04. The monoisotopic (exact) mass is 234 g/mol. The SMILES string of the molecule is COc1cc(C)cc(C)c1C(=O)C(O)C1CC1. The van der Waals surface area contributed by atoms with Gasteiger partial charge in [0.15, 0.2) is 5.78 Å². The van der Waals surface area contributed by atoms with Crippen LogP contribution in [0.25, 0.3) is 0 Å². The number of carbonyl (C=O) groups is 1. The molecule has 1 N–H and O–H groups in total. The number of hydrogen-bond acceptors (Lipinski definition) is 3. The Labute approximate surface area is 101 Å². The van der Waals surface area contributed by atoms with Crippen LogP contribution in [0.3, 0.4) is 0 Å². The van der Waals surface area contributed by atoms with Crippen LogP contribution in [0.2, 0.25) is 0 Å². The predicted octanol–water partition coefficient (Wildman–Crippen LogP) is 2.27. The number of carbonyl (C=O) groups excluding carboxylic acids is 1. The molecule has 92 valence electrons. The number of aliphatic hydroxyl groups is 1. The molecule has 1 aromatic rings. The van der Waals surface area contributed by atoms with Gasteiger partial charge in [0, 0.05) is 0 Å². The Morgan fingerprint density at radius 1 is 1.41 bits per heavy atom. The van der Waals surface area contributed by atoms with Crippen LogP contribution in [-0.2, 0) is 0 Å². The first kappa shape index (κ1) is 12.1. The molecule has 3 heteroatoms. The Kier molecular flexibility index (Phi) is 3.20. The summed E-state index contributed by atoms with van der Waals surface area (Å²) in [5, 5.41) is 9.92. The van der Waals surface area contributed by atoms with Crippen molar-refractivity contribution in [3.8, 4) is 5.75 Å². The fourth-order valence-electron chi connectivity index (χ4n) is 2.18. The third-order valence-corrected chi connectivity index (χ3v) is 3.25. The van der Waals surface area contributed by atoms with Crippen LogP contribution in [0, 0.1) is 19.8 Å². The lowest BCUT2D eigenvalue weighted by molar-refractivity contribution is 0.0700. The summed E-state index contributed by atoms with van der Waals surface area (Å²) >= 11 is 0. The summed E-state index contributed by atoms with van der Waals surface area (Å²) in [6, 6.07) is 3.77. The number of aliphatic hydroxyl groups excluding tert-OH is 1. The van der Waals surface area contributed by atoms with Crippen LogP contribution in [-0.4, -0.2) is 24.1 Å². The highest BCUT2D eigenvalue weighted by Gasteiger charge is 2.36. The normalized spacial score (nSPS) is 16.7. The van der Waals surface area contributed by atoms with Crippen LogP contribution < -0.4 is 4.74 Å². The van der Waals surface area contributed by atoms with Crippen LogP contribution in [0.15, 0.2) is 12.1 Å². The van der Waals surface area contributed by atoms with Gasteiger partial charge in [0.1, 0.15) is 11.9 Å². The molecular weight excluding hydrogens is 216 g/mol. The van der Waals surface area contributed by atoms with Crippen molar-refractivity contribution in [3.05, 3.63) is 28.8 Å². The van der Waals surface area contributed by atoms with Crippen molar-refractivity contribution >= 4 is 5.78 Å². The molecule has 1 aromatic carbocycles. The number of aryl methyl sites for hydroxylation is 2. The van der Waals surface area contributed by atoms with E-state index in [1.165, 1.54) is 0 Å². The zero-order valence-electron chi connectivity index (χ0n) is 10.5. The molecule has 1 unspecified atom stereocenters. The van der Waals surface area contributed by atoms with E-state index in [9.17, 15) is 9.90 Å². The first-order valence-electron chi connectivity index (χ1n) is 5.92. The van der Waals surface area contributed by atoms with Crippen molar-refractivity contribution in [3.63, 3.8) is 0 Å². The van der Waals surface area contributed by atoms with Crippen molar-refractivity contribution in [2.45, 2.75) is 32.8 Å². The quantitative estimate of drug-likeness (QED) is 0.813. The van der Waals surface area contributed by atoms with Crippen molar-refractivity contribution < 1.29 is 14.6 Å². The number of ether oxygens (including phenoxy) is 1. The second kappa shape index (κ2) is 4.49. The minimum atomic E-state index is -0.870. The molecule has 17 heavy (non-hydrogen) atoms. The maximum Gasteiger partial charge on any atom is 0.195 e. The minimum Gasteiger partial charge on any atom is -0.496 e. The summed E-state index contributed by atoms with van der Waals surface area (Å²) in [7, 11) is 1.55. The summed E-state index contributed by atoms with van der Waals surface area (Å²) in [6.45, 7) is 3.84. The van der Waals surface area contributed by atoms with Crippen LogP contribution in [0.4, 0.5) is 0 Å². The van der Waals surface area contributed by atoms with E-state index in [-0.39, 0.29) is 11.7 Å². The van der Waals surface area contributed by atoms with Crippen molar-refractivity contribution in [1.82, 2.24) is 0 Å². The third kappa shape index (κ3) is 2.34. The van der Waals surface area contributed by atoms with Gasteiger partial charge in [0.05, 0.1) is 12.7 Å². The van der Waals surface area contributed by atoms with Gasteiger partial charge in [-0.15, -0.1) is 0 Å². The van der Waals surface area contributed by atoms with E-state index in [1.54, 1.807) is 7.11 Å². The summed E-state index contributed by atoms with van der Waals surface area (Å²) in [5.41, 5.74) is 2.45. The highest BCUT2D eigenvalue weighted by atomic mass is 16.5. The molecule has 3 nitrogen and oxygen atoms in total. The smallest absolute Gasteiger partial charge is 0.195 e.